The zero-order valence-corrected chi connectivity index (χ0v) is 18.3. The standard InChI is InChI=1S/C20H20ClF4N3O3S/c21-16-6-5-14(13-15(16)20(23,24)25)32(30,31)28-11-9-27(10-12-28)8-7-19(29)26-18-4-2-1-3-17(18)22/h1-6,13H,7-12H2,(H,26,29). The molecule has 0 aromatic heterocycles. The van der Waals surface area contributed by atoms with Crippen molar-refractivity contribution in [3.63, 3.8) is 0 Å². The Morgan fingerprint density at radius 3 is 2.34 bits per heavy atom. The molecule has 3 rings (SSSR count). The van der Waals surface area contributed by atoms with Crippen LogP contribution in [-0.4, -0.2) is 56.3 Å². The molecule has 0 saturated carbocycles. The Bertz CT molecular complexity index is 1090. The lowest BCUT2D eigenvalue weighted by atomic mass is 10.2. The third kappa shape index (κ3) is 5.77. The van der Waals surface area contributed by atoms with E-state index >= 15 is 0 Å². The number of alkyl halides is 3. The highest BCUT2D eigenvalue weighted by molar-refractivity contribution is 7.89. The second-order valence-corrected chi connectivity index (χ2v) is 9.51. The normalized spacial score (nSPS) is 16.2. The van der Waals surface area contributed by atoms with Crippen LogP contribution in [0, 0.1) is 5.82 Å². The molecule has 174 valence electrons. The zero-order chi connectivity index (χ0) is 23.5. The Morgan fingerprint density at radius 1 is 1.06 bits per heavy atom. The lowest BCUT2D eigenvalue weighted by molar-refractivity contribution is -0.137. The molecule has 1 aliphatic rings. The van der Waals surface area contributed by atoms with Crippen LogP contribution >= 0.6 is 11.6 Å². The molecule has 1 heterocycles. The first-order valence-corrected chi connectivity index (χ1v) is 11.4. The highest BCUT2D eigenvalue weighted by Crippen LogP contribution is 2.36. The van der Waals surface area contributed by atoms with E-state index in [4.69, 9.17) is 11.6 Å². The molecule has 1 saturated heterocycles. The van der Waals surface area contributed by atoms with E-state index in [-0.39, 0.29) is 31.1 Å². The average molecular weight is 494 g/mol. The molecule has 2 aromatic rings. The van der Waals surface area contributed by atoms with Gasteiger partial charge in [-0.25, -0.2) is 12.8 Å². The monoisotopic (exact) mass is 493 g/mol. The first-order valence-electron chi connectivity index (χ1n) is 9.62. The summed E-state index contributed by atoms with van der Waals surface area (Å²) in [6.07, 6.45) is -4.70. The lowest BCUT2D eigenvalue weighted by Gasteiger charge is -2.34. The molecule has 1 amide bonds. The predicted molar refractivity (Wildman–Crippen MR) is 111 cm³/mol. The number of nitrogens with zero attached hydrogens (tertiary/aromatic N) is 2. The average Bonchev–Trinajstić information content (AvgIpc) is 2.73. The van der Waals surface area contributed by atoms with Gasteiger partial charge in [-0.15, -0.1) is 0 Å². The first-order chi connectivity index (χ1) is 15.0. The van der Waals surface area contributed by atoms with Crippen molar-refractivity contribution < 1.29 is 30.8 Å². The number of carbonyl (C=O) groups is 1. The molecule has 0 atom stereocenters. The Morgan fingerprint density at radius 2 is 1.72 bits per heavy atom. The van der Waals surface area contributed by atoms with Crippen LogP contribution in [0.25, 0.3) is 0 Å². The number of carbonyl (C=O) groups excluding carboxylic acids is 1. The molecule has 1 N–H and O–H groups in total. The van der Waals surface area contributed by atoms with Crippen LogP contribution in [0.3, 0.4) is 0 Å². The number of halogens is 5. The van der Waals surface area contributed by atoms with Gasteiger partial charge in [-0.3, -0.25) is 4.79 Å². The number of rotatable bonds is 6. The predicted octanol–water partition coefficient (Wildman–Crippen LogP) is 3.83. The SMILES string of the molecule is O=C(CCN1CCN(S(=O)(=O)c2ccc(Cl)c(C(F)(F)F)c2)CC1)Nc1ccccc1F. The number of hydrogen-bond acceptors (Lipinski definition) is 4. The van der Waals surface area contributed by atoms with E-state index < -0.39 is 37.5 Å². The summed E-state index contributed by atoms with van der Waals surface area (Å²) in [4.78, 5) is 13.4. The van der Waals surface area contributed by atoms with Gasteiger partial charge in [0.1, 0.15) is 5.82 Å². The molecule has 12 heteroatoms. The van der Waals surface area contributed by atoms with E-state index in [1.165, 1.54) is 18.2 Å². The largest absolute Gasteiger partial charge is 0.417 e. The van der Waals surface area contributed by atoms with Crippen LogP contribution in [0.1, 0.15) is 12.0 Å². The fourth-order valence-electron chi connectivity index (χ4n) is 3.26. The zero-order valence-electron chi connectivity index (χ0n) is 16.7. The van der Waals surface area contributed by atoms with Gasteiger partial charge in [0.25, 0.3) is 0 Å². The van der Waals surface area contributed by atoms with Crippen molar-refractivity contribution in [1.29, 1.82) is 0 Å². The summed E-state index contributed by atoms with van der Waals surface area (Å²) in [7, 11) is -4.13. The van der Waals surface area contributed by atoms with Crippen molar-refractivity contribution in [2.45, 2.75) is 17.5 Å². The van der Waals surface area contributed by atoms with Gasteiger partial charge in [0.2, 0.25) is 15.9 Å². The van der Waals surface area contributed by atoms with Gasteiger partial charge < -0.3 is 10.2 Å². The Hall–Kier alpha value is -2.21. The van der Waals surface area contributed by atoms with Gasteiger partial charge in [-0.05, 0) is 30.3 Å². The Labute approximate surface area is 187 Å². The maximum absolute atomic E-state index is 13.6. The summed E-state index contributed by atoms with van der Waals surface area (Å²) >= 11 is 5.57. The van der Waals surface area contributed by atoms with Crippen LogP contribution in [0.5, 0.6) is 0 Å². The second kappa shape index (κ2) is 9.74. The van der Waals surface area contributed by atoms with E-state index in [0.29, 0.717) is 25.7 Å². The summed E-state index contributed by atoms with van der Waals surface area (Å²) in [5.41, 5.74) is -1.13. The number of amides is 1. The molecule has 2 aromatic carbocycles. The smallest absolute Gasteiger partial charge is 0.324 e. The van der Waals surface area contributed by atoms with Crippen LogP contribution in [0.2, 0.25) is 5.02 Å². The fourth-order valence-corrected chi connectivity index (χ4v) is 4.93. The number of hydrogen-bond donors (Lipinski definition) is 1. The second-order valence-electron chi connectivity index (χ2n) is 7.16. The van der Waals surface area contributed by atoms with E-state index in [1.807, 2.05) is 4.90 Å². The maximum atomic E-state index is 13.6. The number of para-hydroxylation sites is 1. The molecule has 0 bridgehead atoms. The molecular formula is C20H20ClF4N3O3S. The van der Waals surface area contributed by atoms with Crippen LogP contribution in [0.15, 0.2) is 47.4 Å². The minimum Gasteiger partial charge on any atom is -0.324 e. The summed E-state index contributed by atoms with van der Waals surface area (Å²) in [5, 5.41) is 1.90. The van der Waals surface area contributed by atoms with Crippen LogP contribution in [0.4, 0.5) is 23.2 Å². The maximum Gasteiger partial charge on any atom is 0.417 e. The third-order valence-electron chi connectivity index (χ3n) is 5.02. The summed E-state index contributed by atoms with van der Waals surface area (Å²) in [5.74, 6) is -0.929. The molecule has 0 spiro atoms. The minimum atomic E-state index is -4.77. The van der Waals surface area contributed by atoms with E-state index in [9.17, 15) is 30.8 Å². The number of benzene rings is 2. The third-order valence-corrected chi connectivity index (χ3v) is 7.24. The molecule has 0 aliphatic carbocycles. The molecule has 32 heavy (non-hydrogen) atoms. The molecule has 0 unspecified atom stereocenters. The van der Waals surface area contributed by atoms with Crippen LogP contribution in [-0.2, 0) is 21.0 Å². The number of piperazine rings is 1. The van der Waals surface area contributed by atoms with E-state index in [2.05, 4.69) is 5.32 Å². The van der Waals surface area contributed by atoms with Gasteiger partial charge in [0, 0.05) is 39.1 Å². The Kier molecular flexibility index (Phi) is 7.43. The number of sulfonamides is 1. The highest BCUT2D eigenvalue weighted by Gasteiger charge is 2.36. The van der Waals surface area contributed by atoms with Gasteiger partial charge in [0.05, 0.1) is 21.2 Å². The van der Waals surface area contributed by atoms with E-state index in [1.54, 1.807) is 6.07 Å². The van der Waals surface area contributed by atoms with Gasteiger partial charge >= 0.3 is 6.18 Å². The van der Waals surface area contributed by atoms with Gasteiger partial charge in [0.15, 0.2) is 0 Å². The van der Waals surface area contributed by atoms with E-state index in [0.717, 1.165) is 16.4 Å². The van der Waals surface area contributed by atoms with Crippen molar-refractivity contribution in [2.75, 3.05) is 38.0 Å². The summed E-state index contributed by atoms with van der Waals surface area (Å²) in [6.45, 7) is 1.04. The topological polar surface area (TPSA) is 69.7 Å². The van der Waals surface area contributed by atoms with Gasteiger partial charge in [-0.2, -0.15) is 17.5 Å². The number of nitrogens with one attached hydrogen (secondary N) is 1. The molecule has 1 fully saturated rings. The van der Waals surface area contributed by atoms with Crippen molar-refractivity contribution in [3.8, 4) is 0 Å². The molecule has 1 aliphatic heterocycles. The van der Waals surface area contributed by atoms with Crippen molar-refractivity contribution in [3.05, 3.63) is 58.9 Å². The number of anilines is 1. The first kappa shape index (κ1) is 24.4. The van der Waals surface area contributed by atoms with Crippen molar-refractivity contribution in [1.82, 2.24) is 9.21 Å². The molecular weight excluding hydrogens is 474 g/mol. The van der Waals surface area contributed by atoms with Crippen LogP contribution < -0.4 is 5.32 Å². The van der Waals surface area contributed by atoms with Crippen molar-refractivity contribution >= 4 is 33.2 Å². The molecule has 0 radical (unpaired) electrons. The molecule has 6 nitrogen and oxygen atoms in total. The quantitative estimate of drug-likeness (QED) is 0.621. The minimum absolute atomic E-state index is 0.0568. The lowest BCUT2D eigenvalue weighted by Crippen LogP contribution is -2.49. The Balaban J connectivity index is 1.56. The highest BCUT2D eigenvalue weighted by atomic mass is 35.5. The van der Waals surface area contributed by atoms with Crippen molar-refractivity contribution in [2.24, 2.45) is 0 Å². The fraction of sp³-hybridized carbons (Fsp3) is 0.350. The summed E-state index contributed by atoms with van der Waals surface area (Å²) < 4.78 is 79.5. The van der Waals surface area contributed by atoms with Gasteiger partial charge in [-0.1, -0.05) is 23.7 Å². The summed E-state index contributed by atoms with van der Waals surface area (Å²) in [6, 6.07) is 8.28.